The van der Waals surface area contributed by atoms with E-state index in [9.17, 15) is 9.59 Å². The van der Waals surface area contributed by atoms with E-state index in [0.29, 0.717) is 16.7 Å². The van der Waals surface area contributed by atoms with Crippen LogP contribution in [-0.2, 0) is 5.54 Å². The summed E-state index contributed by atoms with van der Waals surface area (Å²) in [6.07, 6.45) is 0. The maximum atomic E-state index is 12.8. The molecule has 0 aliphatic heterocycles. The fraction of sp³-hybridized carbons (Fsp3) is 0.0909. The van der Waals surface area contributed by atoms with Gasteiger partial charge in [0.05, 0.1) is 5.54 Å². The van der Waals surface area contributed by atoms with E-state index in [1.165, 1.54) is 0 Å². The number of nitrogens with two attached hydrogens (primary N) is 1. The second-order valence-corrected chi connectivity index (χ2v) is 6.14. The summed E-state index contributed by atoms with van der Waals surface area (Å²) in [4.78, 5) is 25.4. The van der Waals surface area contributed by atoms with E-state index < -0.39 is 17.1 Å². The van der Waals surface area contributed by atoms with Gasteiger partial charge < -0.3 is 5.73 Å². The van der Waals surface area contributed by atoms with Crippen molar-refractivity contribution in [2.24, 2.45) is 5.73 Å². The molecule has 3 aromatic rings. The molecule has 0 aromatic heterocycles. The van der Waals surface area contributed by atoms with Crippen LogP contribution in [0.2, 0.25) is 0 Å². The van der Waals surface area contributed by atoms with Crippen molar-refractivity contribution in [2.75, 3.05) is 0 Å². The van der Waals surface area contributed by atoms with Crippen molar-refractivity contribution in [3.63, 3.8) is 0 Å². The van der Waals surface area contributed by atoms with E-state index >= 15 is 0 Å². The largest absolute Gasteiger partial charge is 0.318 e. The van der Waals surface area contributed by atoms with Gasteiger partial charge >= 0.3 is 0 Å². The van der Waals surface area contributed by atoms with E-state index in [1.807, 2.05) is 49.4 Å². The van der Waals surface area contributed by atoms with Crippen LogP contribution in [0.3, 0.4) is 0 Å². The van der Waals surface area contributed by atoms with Crippen molar-refractivity contribution in [2.45, 2.75) is 12.5 Å². The van der Waals surface area contributed by atoms with Gasteiger partial charge in [-0.25, -0.2) is 0 Å². The van der Waals surface area contributed by atoms with Gasteiger partial charge in [-0.05, 0) is 18.1 Å². The average molecular weight is 329 g/mol. The van der Waals surface area contributed by atoms with E-state index in [0.717, 1.165) is 5.56 Å². The molecular weight excluding hydrogens is 310 g/mol. The lowest BCUT2D eigenvalue weighted by Gasteiger charge is -2.28. The van der Waals surface area contributed by atoms with Gasteiger partial charge in [0.1, 0.15) is 0 Å². The molecular formula is C22H19NO2. The minimum atomic E-state index is -0.884. The Balaban J connectivity index is 2.05. The Hall–Kier alpha value is -3.04. The molecule has 0 fully saturated rings. The lowest BCUT2D eigenvalue weighted by Crippen LogP contribution is -2.36. The lowest BCUT2D eigenvalue weighted by atomic mass is 9.81. The van der Waals surface area contributed by atoms with Crippen molar-refractivity contribution in [1.82, 2.24) is 0 Å². The summed E-state index contributed by atoms with van der Waals surface area (Å²) in [7, 11) is 0. The number of ketones is 2. The van der Waals surface area contributed by atoms with Crippen molar-refractivity contribution < 1.29 is 9.59 Å². The van der Waals surface area contributed by atoms with Crippen LogP contribution < -0.4 is 5.73 Å². The van der Waals surface area contributed by atoms with Gasteiger partial charge in [-0.2, -0.15) is 0 Å². The van der Waals surface area contributed by atoms with Crippen LogP contribution in [0.4, 0.5) is 0 Å². The molecule has 0 aliphatic rings. The molecule has 2 N–H and O–H groups in total. The van der Waals surface area contributed by atoms with E-state index in [4.69, 9.17) is 5.73 Å². The normalized spacial score (nSPS) is 13.0. The van der Waals surface area contributed by atoms with Gasteiger partial charge in [0.15, 0.2) is 0 Å². The highest BCUT2D eigenvalue weighted by Gasteiger charge is 2.30. The van der Waals surface area contributed by atoms with Gasteiger partial charge in [-0.3, -0.25) is 9.59 Å². The van der Waals surface area contributed by atoms with Crippen LogP contribution in [0.1, 0.15) is 38.8 Å². The fourth-order valence-electron chi connectivity index (χ4n) is 2.92. The van der Waals surface area contributed by atoms with Gasteiger partial charge in [0.2, 0.25) is 11.6 Å². The Bertz CT molecular complexity index is 900. The number of carbonyl (C=O) groups excluding carboxylic acids is 2. The van der Waals surface area contributed by atoms with Crippen LogP contribution in [0.25, 0.3) is 0 Å². The minimum Gasteiger partial charge on any atom is -0.318 e. The molecule has 0 heterocycles. The van der Waals surface area contributed by atoms with E-state index in [-0.39, 0.29) is 0 Å². The Kier molecular flexibility index (Phi) is 4.59. The number of hydrogen-bond acceptors (Lipinski definition) is 3. The first-order chi connectivity index (χ1) is 12.0. The molecule has 0 bridgehead atoms. The molecule has 0 saturated heterocycles. The van der Waals surface area contributed by atoms with E-state index in [2.05, 4.69) is 0 Å². The molecule has 0 radical (unpaired) electrons. The summed E-state index contributed by atoms with van der Waals surface area (Å²) in [6, 6.07) is 25.2. The van der Waals surface area contributed by atoms with Gasteiger partial charge in [-0.1, -0.05) is 84.9 Å². The Labute approximate surface area is 147 Å². The third-order valence-electron chi connectivity index (χ3n) is 4.35. The van der Waals surface area contributed by atoms with Gasteiger partial charge in [0.25, 0.3) is 0 Å². The first-order valence-electron chi connectivity index (χ1n) is 8.10. The molecule has 3 aromatic carbocycles. The zero-order valence-corrected chi connectivity index (χ0v) is 14.0. The molecule has 3 heteroatoms. The monoisotopic (exact) mass is 329 g/mol. The smallest absolute Gasteiger partial charge is 0.233 e. The lowest BCUT2D eigenvalue weighted by molar-refractivity contribution is 0.0816. The summed E-state index contributed by atoms with van der Waals surface area (Å²) < 4.78 is 0. The highest BCUT2D eigenvalue weighted by Crippen LogP contribution is 2.29. The maximum Gasteiger partial charge on any atom is 0.233 e. The minimum absolute atomic E-state index is 0.338. The second kappa shape index (κ2) is 6.83. The predicted molar refractivity (Wildman–Crippen MR) is 98.6 cm³/mol. The summed E-state index contributed by atoms with van der Waals surface area (Å²) >= 11 is 0. The first kappa shape index (κ1) is 16.8. The second-order valence-electron chi connectivity index (χ2n) is 6.14. The number of Topliss-reactive ketones (excluding diaryl/α,β-unsaturated/α-hetero) is 2. The molecule has 0 aliphatic carbocycles. The Morgan fingerprint density at radius 1 is 0.720 bits per heavy atom. The molecule has 0 amide bonds. The van der Waals surface area contributed by atoms with E-state index in [1.54, 1.807) is 42.5 Å². The molecule has 0 saturated carbocycles. The quantitative estimate of drug-likeness (QED) is 0.569. The number of carbonyl (C=O) groups is 2. The van der Waals surface area contributed by atoms with Crippen molar-refractivity contribution >= 4 is 11.6 Å². The molecule has 124 valence electrons. The van der Waals surface area contributed by atoms with Crippen LogP contribution in [0.15, 0.2) is 84.9 Å². The Morgan fingerprint density at radius 3 is 1.88 bits per heavy atom. The third kappa shape index (κ3) is 3.28. The standard InChI is InChI=1S/C22H19NO2/c1-22(23,17-12-6-3-7-13-17)19-15-9-8-14-18(19)21(25)20(24)16-10-4-2-5-11-16/h2-15H,23H2,1H3. The van der Waals surface area contributed by atoms with Crippen molar-refractivity contribution in [3.05, 3.63) is 107 Å². The Morgan fingerprint density at radius 2 is 1.24 bits per heavy atom. The highest BCUT2D eigenvalue weighted by atomic mass is 16.2. The molecule has 25 heavy (non-hydrogen) atoms. The third-order valence-corrected chi connectivity index (χ3v) is 4.35. The maximum absolute atomic E-state index is 12.8. The summed E-state index contributed by atoms with van der Waals surface area (Å²) in [5, 5.41) is 0. The number of benzene rings is 3. The topological polar surface area (TPSA) is 60.2 Å². The zero-order chi connectivity index (χ0) is 17.9. The van der Waals surface area contributed by atoms with Crippen LogP contribution in [-0.4, -0.2) is 11.6 Å². The van der Waals surface area contributed by atoms with Crippen molar-refractivity contribution in [3.8, 4) is 0 Å². The molecule has 3 rings (SSSR count). The predicted octanol–water partition coefficient (Wildman–Crippen LogP) is 3.97. The molecule has 1 unspecified atom stereocenters. The molecule has 3 nitrogen and oxygen atoms in total. The summed E-state index contributed by atoms with van der Waals surface area (Å²) in [5.74, 6) is -1.08. The zero-order valence-electron chi connectivity index (χ0n) is 14.0. The van der Waals surface area contributed by atoms with Gasteiger partial charge in [0, 0.05) is 11.1 Å². The summed E-state index contributed by atoms with van der Waals surface area (Å²) in [6.45, 7) is 1.85. The average Bonchev–Trinajstić information content (AvgIpc) is 2.68. The van der Waals surface area contributed by atoms with Gasteiger partial charge in [-0.15, -0.1) is 0 Å². The fourth-order valence-corrected chi connectivity index (χ4v) is 2.92. The number of rotatable bonds is 5. The van der Waals surface area contributed by atoms with Crippen LogP contribution in [0, 0.1) is 0 Å². The summed E-state index contributed by atoms with van der Waals surface area (Å²) in [5.41, 5.74) is 7.91. The number of hydrogen-bond donors (Lipinski definition) is 1. The van der Waals surface area contributed by atoms with Crippen molar-refractivity contribution in [1.29, 1.82) is 0 Å². The van der Waals surface area contributed by atoms with Crippen LogP contribution in [0.5, 0.6) is 0 Å². The SMILES string of the molecule is CC(N)(c1ccccc1)c1ccccc1C(=O)C(=O)c1ccccc1. The molecule has 0 spiro atoms. The first-order valence-corrected chi connectivity index (χ1v) is 8.10. The van der Waals surface area contributed by atoms with Crippen LogP contribution >= 0.6 is 0 Å². The highest BCUT2D eigenvalue weighted by molar-refractivity contribution is 6.49. The molecule has 1 atom stereocenters.